The summed E-state index contributed by atoms with van der Waals surface area (Å²) < 4.78 is 7.60. The molecule has 0 radical (unpaired) electrons. The van der Waals surface area contributed by atoms with Gasteiger partial charge in [-0.3, -0.25) is 4.79 Å². The number of aromatic nitrogens is 2. The number of likely N-dealkylation sites (tertiary alicyclic amines) is 1. The van der Waals surface area contributed by atoms with Crippen LogP contribution in [-0.2, 0) is 15.1 Å². The second kappa shape index (κ2) is 6.71. The predicted molar refractivity (Wildman–Crippen MR) is 116 cm³/mol. The minimum absolute atomic E-state index is 0.0234. The van der Waals surface area contributed by atoms with E-state index in [9.17, 15) is 9.59 Å². The molecule has 1 N–H and O–H groups in total. The monoisotopic (exact) mass is 424 g/mol. The highest BCUT2D eigenvalue weighted by Gasteiger charge is 2.62. The van der Waals surface area contributed by atoms with Crippen LogP contribution < -0.4 is 5.32 Å². The molecule has 2 saturated carbocycles. The summed E-state index contributed by atoms with van der Waals surface area (Å²) in [6, 6.07) is 4.11. The van der Waals surface area contributed by atoms with Gasteiger partial charge in [0.1, 0.15) is 11.4 Å². The molecule has 2 aliphatic carbocycles. The third-order valence-electron chi connectivity index (χ3n) is 7.17. The third-order valence-corrected chi connectivity index (χ3v) is 7.17. The number of aryl methyl sites for hydroxylation is 1. The first-order valence-electron chi connectivity index (χ1n) is 11.3. The highest BCUT2D eigenvalue weighted by molar-refractivity contribution is 5.84. The zero-order chi connectivity index (χ0) is 22.1. The van der Waals surface area contributed by atoms with Crippen LogP contribution in [0.5, 0.6) is 0 Å². The van der Waals surface area contributed by atoms with Crippen LogP contribution in [0.2, 0.25) is 0 Å². The molecular weight excluding hydrogens is 392 g/mol. The van der Waals surface area contributed by atoms with Crippen LogP contribution in [0.1, 0.15) is 51.9 Å². The van der Waals surface area contributed by atoms with Gasteiger partial charge in [0, 0.05) is 25.2 Å². The average Bonchev–Trinajstić information content (AvgIpc) is 3.55. The number of hydrogen-bond donors (Lipinski definition) is 1. The number of nitrogens with one attached hydrogen (secondary N) is 1. The van der Waals surface area contributed by atoms with Gasteiger partial charge in [-0.25, -0.2) is 9.78 Å². The van der Waals surface area contributed by atoms with Gasteiger partial charge < -0.3 is 19.4 Å². The van der Waals surface area contributed by atoms with Gasteiger partial charge in [-0.1, -0.05) is 6.07 Å². The number of amides is 2. The Morgan fingerprint density at radius 2 is 1.84 bits per heavy atom. The summed E-state index contributed by atoms with van der Waals surface area (Å²) in [4.78, 5) is 32.1. The van der Waals surface area contributed by atoms with Gasteiger partial charge in [-0.05, 0) is 76.8 Å². The summed E-state index contributed by atoms with van der Waals surface area (Å²) in [6.07, 6.45) is 5.85. The first-order chi connectivity index (χ1) is 14.6. The number of pyridine rings is 1. The van der Waals surface area contributed by atoms with E-state index in [1.54, 1.807) is 4.90 Å². The van der Waals surface area contributed by atoms with Crippen molar-refractivity contribution in [3.05, 3.63) is 35.9 Å². The van der Waals surface area contributed by atoms with Crippen LogP contribution in [0, 0.1) is 30.6 Å². The number of hydrogen-bond acceptors (Lipinski definition) is 4. The van der Waals surface area contributed by atoms with E-state index in [4.69, 9.17) is 9.72 Å². The molecular formula is C24H32N4O3. The Bertz CT molecular complexity index is 1040. The molecule has 3 atom stereocenters. The molecule has 1 aliphatic heterocycles. The van der Waals surface area contributed by atoms with Crippen molar-refractivity contribution in [1.29, 1.82) is 0 Å². The Kier molecular flexibility index (Phi) is 4.40. The van der Waals surface area contributed by atoms with E-state index < -0.39 is 11.1 Å². The number of fused-ring (bicyclic) bond motifs is 2. The molecule has 7 heteroatoms. The maximum Gasteiger partial charge on any atom is 0.410 e. The van der Waals surface area contributed by atoms with Crippen LogP contribution in [0.3, 0.4) is 0 Å². The first-order valence-corrected chi connectivity index (χ1v) is 11.3. The fourth-order valence-corrected chi connectivity index (χ4v) is 5.28. The molecule has 2 aromatic rings. The number of nitrogens with zero attached hydrogens (tertiary/aromatic N) is 3. The number of rotatable bonds is 4. The van der Waals surface area contributed by atoms with Crippen molar-refractivity contribution in [3.8, 4) is 0 Å². The zero-order valence-electron chi connectivity index (χ0n) is 19.0. The lowest BCUT2D eigenvalue weighted by Gasteiger charge is -2.31. The number of carbonyl (C=O) groups excluding carboxylic acids is 2. The SMILES string of the molecule is Cc1cccn2c(C(C)(NC(=O)C3C4CN(C(=O)OC(C)(C)C)CC43)C3CC3)ncc12. The molecule has 2 aromatic heterocycles. The van der Waals surface area contributed by atoms with E-state index in [-0.39, 0.29) is 29.8 Å². The topological polar surface area (TPSA) is 75.9 Å². The van der Waals surface area contributed by atoms with Crippen molar-refractivity contribution in [1.82, 2.24) is 19.6 Å². The molecule has 2 amide bonds. The number of imidazole rings is 1. The van der Waals surface area contributed by atoms with Crippen LogP contribution in [-0.4, -0.2) is 45.0 Å². The number of piperidine rings is 1. The molecule has 1 saturated heterocycles. The summed E-state index contributed by atoms with van der Waals surface area (Å²) in [7, 11) is 0. The van der Waals surface area contributed by atoms with Gasteiger partial charge in [0.05, 0.1) is 17.3 Å². The van der Waals surface area contributed by atoms with Crippen molar-refractivity contribution in [2.45, 2.75) is 58.6 Å². The van der Waals surface area contributed by atoms with Gasteiger partial charge in [0.25, 0.3) is 0 Å². The van der Waals surface area contributed by atoms with Gasteiger partial charge in [0.15, 0.2) is 0 Å². The predicted octanol–water partition coefficient (Wildman–Crippen LogP) is 3.50. The maximum absolute atomic E-state index is 13.3. The van der Waals surface area contributed by atoms with E-state index in [1.165, 1.54) is 5.56 Å². The lowest BCUT2D eigenvalue weighted by Crippen LogP contribution is -2.48. The molecule has 31 heavy (non-hydrogen) atoms. The highest BCUT2D eigenvalue weighted by atomic mass is 16.6. The van der Waals surface area contributed by atoms with E-state index in [0.717, 1.165) is 24.2 Å². The van der Waals surface area contributed by atoms with Crippen molar-refractivity contribution < 1.29 is 14.3 Å². The first kappa shape index (κ1) is 20.3. The molecule has 3 aliphatic rings. The second-order valence-corrected chi connectivity index (χ2v) is 10.7. The molecule has 0 spiro atoms. The fourth-order valence-electron chi connectivity index (χ4n) is 5.28. The summed E-state index contributed by atoms with van der Waals surface area (Å²) in [5.74, 6) is 1.84. The van der Waals surface area contributed by atoms with Crippen molar-refractivity contribution in [3.63, 3.8) is 0 Å². The molecule has 3 unspecified atom stereocenters. The largest absolute Gasteiger partial charge is 0.444 e. The smallest absolute Gasteiger partial charge is 0.410 e. The molecule has 0 aromatic carbocycles. The third kappa shape index (κ3) is 3.48. The number of carbonyl (C=O) groups is 2. The van der Waals surface area contributed by atoms with E-state index in [0.29, 0.717) is 19.0 Å². The summed E-state index contributed by atoms with van der Waals surface area (Å²) in [5, 5.41) is 3.39. The Morgan fingerprint density at radius 3 is 2.45 bits per heavy atom. The Morgan fingerprint density at radius 1 is 1.16 bits per heavy atom. The van der Waals surface area contributed by atoms with Crippen LogP contribution >= 0.6 is 0 Å². The maximum atomic E-state index is 13.3. The molecule has 166 valence electrons. The minimum atomic E-state index is -0.502. The molecule has 7 nitrogen and oxygen atoms in total. The Hall–Kier alpha value is -2.57. The van der Waals surface area contributed by atoms with Crippen LogP contribution in [0.25, 0.3) is 5.52 Å². The lowest BCUT2D eigenvalue weighted by atomic mass is 9.93. The standard InChI is InChI=1S/C24H32N4O3/c1-14-7-6-10-28-18(14)11-25-21(28)24(5,15-8-9-15)26-20(29)19-16-12-27(13-17(16)19)22(30)31-23(2,3)4/h6-7,10-11,15-17,19H,8-9,12-13H2,1-5H3,(H,26,29). The normalized spacial score (nSPS) is 27.0. The van der Waals surface area contributed by atoms with Gasteiger partial charge >= 0.3 is 6.09 Å². The van der Waals surface area contributed by atoms with Crippen LogP contribution in [0.15, 0.2) is 24.5 Å². The molecule has 3 fully saturated rings. The quantitative estimate of drug-likeness (QED) is 0.815. The second-order valence-electron chi connectivity index (χ2n) is 10.7. The highest BCUT2D eigenvalue weighted by Crippen LogP contribution is 2.53. The average molecular weight is 425 g/mol. The van der Waals surface area contributed by atoms with Gasteiger partial charge in [-0.15, -0.1) is 0 Å². The summed E-state index contributed by atoms with van der Waals surface area (Å²) >= 11 is 0. The lowest BCUT2D eigenvalue weighted by molar-refractivity contribution is -0.125. The Balaban J connectivity index is 1.29. The van der Waals surface area contributed by atoms with Gasteiger partial charge in [0.2, 0.25) is 5.91 Å². The van der Waals surface area contributed by atoms with Gasteiger partial charge in [-0.2, -0.15) is 0 Å². The van der Waals surface area contributed by atoms with E-state index in [2.05, 4.69) is 29.6 Å². The van der Waals surface area contributed by atoms with Crippen molar-refractivity contribution in [2.75, 3.05) is 13.1 Å². The molecule has 0 bridgehead atoms. The zero-order valence-corrected chi connectivity index (χ0v) is 19.0. The Labute approximate surface area is 183 Å². The fraction of sp³-hybridized carbons (Fsp3) is 0.625. The molecule has 5 rings (SSSR count). The summed E-state index contributed by atoms with van der Waals surface area (Å²) in [6.45, 7) is 11.0. The molecule has 3 heterocycles. The summed E-state index contributed by atoms with van der Waals surface area (Å²) in [5.41, 5.74) is 1.26. The van der Waals surface area contributed by atoms with Crippen LogP contribution in [0.4, 0.5) is 4.79 Å². The van der Waals surface area contributed by atoms with Crippen molar-refractivity contribution in [2.24, 2.45) is 23.7 Å². The van der Waals surface area contributed by atoms with E-state index in [1.807, 2.05) is 39.2 Å². The number of ether oxygens (including phenoxy) is 1. The van der Waals surface area contributed by atoms with E-state index >= 15 is 0 Å². The van der Waals surface area contributed by atoms with Crippen molar-refractivity contribution >= 4 is 17.5 Å². The minimum Gasteiger partial charge on any atom is -0.444 e.